The molecule has 0 radical (unpaired) electrons. The van der Waals surface area contributed by atoms with E-state index in [1.165, 1.54) is 0 Å². The van der Waals surface area contributed by atoms with Crippen molar-refractivity contribution in [1.82, 2.24) is 5.32 Å². The molecule has 24 heavy (non-hydrogen) atoms. The maximum absolute atomic E-state index is 13.0. The van der Waals surface area contributed by atoms with Crippen molar-refractivity contribution in [2.24, 2.45) is 5.41 Å². The second kappa shape index (κ2) is 7.14. The Morgan fingerprint density at radius 2 is 1.92 bits per heavy atom. The fraction of sp³-hybridized carbons (Fsp3) is 0.579. The van der Waals surface area contributed by atoms with Gasteiger partial charge in [0, 0.05) is 12.5 Å². The molecule has 2 aliphatic rings. The summed E-state index contributed by atoms with van der Waals surface area (Å²) < 4.78 is 0. The van der Waals surface area contributed by atoms with Crippen LogP contribution in [0, 0.1) is 12.3 Å². The number of rotatable bonds is 5. The summed E-state index contributed by atoms with van der Waals surface area (Å²) in [5.41, 5.74) is 1.07. The summed E-state index contributed by atoms with van der Waals surface area (Å²) in [6.45, 7) is 1.96. The largest absolute Gasteiger partial charge is 0.353 e. The number of halogens is 1. The van der Waals surface area contributed by atoms with Gasteiger partial charge in [-0.1, -0.05) is 36.9 Å². The summed E-state index contributed by atoms with van der Waals surface area (Å²) in [6.07, 6.45) is 7.04. The molecule has 130 valence electrons. The van der Waals surface area contributed by atoms with E-state index in [1.807, 2.05) is 25.1 Å². The lowest BCUT2D eigenvalue weighted by molar-refractivity contribution is -0.134. The Hall–Kier alpha value is -1.55. The van der Waals surface area contributed by atoms with Gasteiger partial charge in [0.2, 0.25) is 11.8 Å². The Kier molecular flexibility index (Phi) is 5.14. The van der Waals surface area contributed by atoms with Gasteiger partial charge in [0.1, 0.15) is 0 Å². The van der Waals surface area contributed by atoms with Crippen LogP contribution in [0.25, 0.3) is 0 Å². The molecule has 2 N–H and O–H groups in total. The van der Waals surface area contributed by atoms with Gasteiger partial charge in [-0.15, -0.1) is 0 Å². The average molecular weight is 349 g/mol. The van der Waals surface area contributed by atoms with E-state index < -0.39 is 5.41 Å². The lowest BCUT2D eigenvalue weighted by Crippen LogP contribution is -2.42. The zero-order chi connectivity index (χ0) is 17.2. The number of amides is 2. The van der Waals surface area contributed by atoms with Crippen molar-refractivity contribution in [2.75, 3.05) is 5.32 Å². The molecule has 2 fully saturated rings. The normalized spacial score (nSPS) is 19.6. The van der Waals surface area contributed by atoms with Gasteiger partial charge in [-0.05, 0) is 50.3 Å². The molecule has 1 aromatic rings. The molecule has 0 aliphatic heterocycles. The second-order valence-electron chi connectivity index (χ2n) is 7.30. The lowest BCUT2D eigenvalue weighted by atomic mass is 9.70. The zero-order valence-corrected chi connectivity index (χ0v) is 14.9. The smallest absolute Gasteiger partial charge is 0.231 e. The minimum Gasteiger partial charge on any atom is -0.353 e. The lowest BCUT2D eigenvalue weighted by Gasteiger charge is -2.35. The fourth-order valence-corrected chi connectivity index (χ4v) is 3.79. The van der Waals surface area contributed by atoms with Crippen LogP contribution in [-0.2, 0) is 9.59 Å². The molecule has 3 rings (SSSR count). The summed E-state index contributed by atoms with van der Waals surface area (Å²) in [5, 5.41) is 6.53. The van der Waals surface area contributed by atoms with Crippen LogP contribution in [0.5, 0.6) is 0 Å². The van der Waals surface area contributed by atoms with Crippen LogP contribution in [0.4, 0.5) is 5.69 Å². The van der Waals surface area contributed by atoms with E-state index in [4.69, 9.17) is 11.6 Å². The maximum Gasteiger partial charge on any atom is 0.231 e. The molecule has 0 atom stereocenters. The highest BCUT2D eigenvalue weighted by Gasteiger charge is 2.42. The molecule has 0 aromatic heterocycles. The molecular weight excluding hydrogens is 324 g/mol. The van der Waals surface area contributed by atoms with Crippen LogP contribution in [0.15, 0.2) is 18.2 Å². The number of carbonyl (C=O) groups excluding carboxylic acids is 2. The van der Waals surface area contributed by atoms with Gasteiger partial charge < -0.3 is 10.6 Å². The van der Waals surface area contributed by atoms with Crippen molar-refractivity contribution in [1.29, 1.82) is 0 Å². The SMILES string of the molecule is Cc1ccc(NC(=O)C2(CC(=O)NC3CC3)CCCCC2)c(Cl)c1. The summed E-state index contributed by atoms with van der Waals surface area (Å²) in [5.74, 6) is -0.0662. The highest BCUT2D eigenvalue weighted by Crippen LogP contribution is 2.41. The second-order valence-corrected chi connectivity index (χ2v) is 7.70. The van der Waals surface area contributed by atoms with Crippen molar-refractivity contribution in [3.63, 3.8) is 0 Å². The number of benzene rings is 1. The third-order valence-electron chi connectivity index (χ3n) is 5.11. The van der Waals surface area contributed by atoms with Crippen LogP contribution in [-0.4, -0.2) is 17.9 Å². The highest BCUT2D eigenvalue weighted by atomic mass is 35.5. The number of hydrogen-bond donors (Lipinski definition) is 2. The first kappa shape index (κ1) is 17.3. The molecule has 2 aliphatic carbocycles. The van der Waals surface area contributed by atoms with Crippen LogP contribution >= 0.6 is 11.6 Å². The molecule has 0 heterocycles. The van der Waals surface area contributed by atoms with Gasteiger partial charge in [-0.2, -0.15) is 0 Å². The standard InChI is InChI=1S/C19H25ClN2O2/c1-13-5-8-16(15(20)11-13)22-18(24)19(9-3-2-4-10-19)12-17(23)21-14-6-7-14/h5,8,11,14H,2-4,6-7,9-10,12H2,1H3,(H,21,23)(H,22,24). The van der Waals surface area contributed by atoms with Crippen molar-refractivity contribution in [3.05, 3.63) is 28.8 Å². The Morgan fingerprint density at radius 3 is 2.54 bits per heavy atom. The predicted octanol–water partition coefficient (Wildman–Crippen LogP) is 4.21. The maximum atomic E-state index is 13.0. The number of anilines is 1. The molecular formula is C19H25ClN2O2. The van der Waals surface area contributed by atoms with Gasteiger partial charge in [-0.3, -0.25) is 9.59 Å². The van der Waals surface area contributed by atoms with Crippen LogP contribution in [0.2, 0.25) is 5.02 Å². The van der Waals surface area contributed by atoms with Gasteiger partial charge in [-0.25, -0.2) is 0 Å². The van der Waals surface area contributed by atoms with Gasteiger partial charge >= 0.3 is 0 Å². The van der Waals surface area contributed by atoms with E-state index in [9.17, 15) is 9.59 Å². The third kappa shape index (κ3) is 4.10. The predicted molar refractivity (Wildman–Crippen MR) is 96.1 cm³/mol. The van der Waals surface area contributed by atoms with Crippen molar-refractivity contribution < 1.29 is 9.59 Å². The monoisotopic (exact) mass is 348 g/mol. The Balaban J connectivity index is 1.73. The highest BCUT2D eigenvalue weighted by molar-refractivity contribution is 6.33. The quantitative estimate of drug-likeness (QED) is 0.837. The number of carbonyl (C=O) groups is 2. The van der Waals surface area contributed by atoms with Crippen LogP contribution in [0.1, 0.15) is 56.9 Å². The molecule has 0 saturated heterocycles. The average Bonchev–Trinajstić information content (AvgIpc) is 3.34. The Labute approximate surface area is 148 Å². The van der Waals surface area contributed by atoms with E-state index in [0.29, 0.717) is 16.8 Å². The summed E-state index contributed by atoms with van der Waals surface area (Å²) in [7, 11) is 0. The van der Waals surface area contributed by atoms with Crippen molar-refractivity contribution in [3.8, 4) is 0 Å². The van der Waals surface area contributed by atoms with Crippen molar-refractivity contribution in [2.45, 2.75) is 64.3 Å². The topological polar surface area (TPSA) is 58.2 Å². The molecule has 0 unspecified atom stereocenters. The molecule has 2 saturated carbocycles. The Bertz CT molecular complexity index is 634. The first-order chi connectivity index (χ1) is 11.5. The van der Waals surface area contributed by atoms with Gasteiger partial charge in [0.05, 0.1) is 16.1 Å². The first-order valence-electron chi connectivity index (χ1n) is 8.85. The minimum absolute atomic E-state index is 0.00422. The molecule has 2 amide bonds. The fourth-order valence-electron chi connectivity index (χ4n) is 3.50. The number of nitrogens with one attached hydrogen (secondary N) is 2. The van der Waals surface area contributed by atoms with E-state index >= 15 is 0 Å². The van der Waals surface area contributed by atoms with E-state index in [-0.39, 0.29) is 18.2 Å². The van der Waals surface area contributed by atoms with Gasteiger partial charge in [0.15, 0.2) is 0 Å². The van der Waals surface area contributed by atoms with Gasteiger partial charge in [0.25, 0.3) is 0 Å². The third-order valence-corrected chi connectivity index (χ3v) is 5.42. The van der Waals surface area contributed by atoms with E-state index in [0.717, 1.165) is 50.5 Å². The molecule has 4 nitrogen and oxygen atoms in total. The minimum atomic E-state index is -0.606. The number of aryl methyl sites for hydroxylation is 1. The van der Waals surface area contributed by atoms with E-state index in [1.54, 1.807) is 0 Å². The van der Waals surface area contributed by atoms with E-state index in [2.05, 4.69) is 10.6 Å². The summed E-state index contributed by atoms with van der Waals surface area (Å²) >= 11 is 6.25. The zero-order valence-electron chi connectivity index (χ0n) is 14.2. The Morgan fingerprint density at radius 1 is 1.21 bits per heavy atom. The summed E-state index contributed by atoms with van der Waals surface area (Å²) in [6, 6.07) is 5.92. The molecule has 0 spiro atoms. The number of hydrogen-bond acceptors (Lipinski definition) is 2. The summed E-state index contributed by atoms with van der Waals surface area (Å²) in [4.78, 5) is 25.3. The van der Waals surface area contributed by atoms with Crippen LogP contribution in [0.3, 0.4) is 0 Å². The molecule has 0 bridgehead atoms. The van der Waals surface area contributed by atoms with Crippen LogP contribution < -0.4 is 10.6 Å². The molecule has 5 heteroatoms. The van der Waals surface area contributed by atoms with Crippen molar-refractivity contribution >= 4 is 29.1 Å². The first-order valence-corrected chi connectivity index (χ1v) is 9.23. The molecule has 1 aromatic carbocycles.